The minimum Gasteiger partial charge on any atom is -0.490 e. The molecule has 3 aromatic rings. The van der Waals surface area contributed by atoms with Gasteiger partial charge in [0.05, 0.1) is 12.7 Å². The number of halogens is 2. The largest absolute Gasteiger partial charge is 0.490 e. The second kappa shape index (κ2) is 10.5. The van der Waals surface area contributed by atoms with E-state index in [9.17, 15) is 18.7 Å². The van der Waals surface area contributed by atoms with Gasteiger partial charge in [-0.1, -0.05) is 6.07 Å². The van der Waals surface area contributed by atoms with Crippen molar-refractivity contribution in [1.29, 1.82) is 0 Å². The molecule has 0 aliphatic rings. The Labute approximate surface area is 178 Å². The van der Waals surface area contributed by atoms with Crippen molar-refractivity contribution in [2.45, 2.75) is 19.6 Å². The van der Waals surface area contributed by atoms with Crippen LogP contribution in [-0.4, -0.2) is 29.1 Å². The monoisotopic (exact) mass is 428 g/mol. The average molecular weight is 428 g/mol. The van der Waals surface area contributed by atoms with Crippen LogP contribution in [0.25, 0.3) is 0 Å². The maximum atomic E-state index is 13.8. The third-order valence-electron chi connectivity index (χ3n) is 4.43. The van der Waals surface area contributed by atoms with Gasteiger partial charge in [-0.25, -0.2) is 8.78 Å². The lowest BCUT2D eigenvalue weighted by Gasteiger charge is -2.15. The molecule has 1 unspecified atom stereocenters. The predicted molar refractivity (Wildman–Crippen MR) is 110 cm³/mol. The van der Waals surface area contributed by atoms with E-state index >= 15 is 0 Å². The van der Waals surface area contributed by atoms with Gasteiger partial charge >= 0.3 is 0 Å². The van der Waals surface area contributed by atoms with Crippen LogP contribution in [0.15, 0.2) is 60.9 Å². The molecule has 0 saturated heterocycles. The normalized spacial score (nSPS) is 11.6. The number of aliphatic hydroxyl groups excluding tert-OH is 1. The van der Waals surface area contributed by atoms with Gasteiger partial charge in [0.15, 0.2) is 11.5 Å². The number of aliphatic hydroxyl groups is 1. The second-order valence-corrected chi connectivity index (χ2v) is 6.63. The number of ether oxygens (including phenoxy) is 2. The number of hydrogen-bond donors (Lipinski definition) is 2. The Morgan fingerprint density at radius 1 is 1.06 bits per heavy atom. The Morgan fingerprint density at radius 2 is 1.84 bits per heavy atom. The summed E-state index contributed by atoms with van der Waals surface area (Å²) in [6.45, 7) is 2.25. The second-order valence-electron chi connectivity index (χ2n) is 6.63. The maximum absolute atomic E-state index is 13.8. The Morgan fingerprint density at radius 3 is 2.55 bits per heavy atom. The Balaban J connectivity index is 1.65. The molecule has 31 heavy (non-hydrogen) atoms. The maximum Gasteiger partial charge on any atom is 0.251 e. The van der Waals surface area contributed by atoms with Gasteiger partial charge in [0.25, 0.3) is 5.91 Å². The Kier molecular flexibility index (Phi) is 7.50. The van der Waals surface area contributed by atoms with E-state index in [1.165, 1.54) is 6.07 Å². The lowest BCUT2D eigenvalue weighted by atomic mass is 10.1. The first-order valence-electron chi connectivity index (χ1n) is 9.67. The SMILES string of the molecule is CCOc1cc(C(=O)NCC(O)c2ccc(F)cc2F)ccc1OCc1ccncc1. The van der Waals surface area contributed by atoms with Crippen LogP contribution in [0.1, 0.15) is 34.5 Å². The van der Waals surface area contributed by atoms with Gasteiger partial charge in [-0.3, -0.25) is 9.78 Å². The highest BCUT2D eigenvalue weighted by Crippen LogP contribution is 2.29. The van der Waals surface area contributed by atoms with Gasteiger partial charge < -0.3 is 19.9 Å². The molecule has 6 nitrogen and oxygen atoms in total. The van der Waals surface area contributed by atoms with Crippen LogP contribution >= 0.6 is 0 Å². The highest BCUT2D eigenvalue weighted by Gasteiger charge is 2.17. The molecule has 0 aliphatic carbocycles. The molecular weight excluding hydrogens is 406 g/mol. The van der Waals surface area contributed by atoms with Crippen molar-refractivity contribution in [3.05, 3.63) is 89.2 Å². The number of aromatic nitrogens is 1. The van der Waals surface area contributed by atoms with Crippen molar-refractivity contribution in [3.63, 3.8) is 0 Å². The van der Waals surface area contributed by atoms with Crippen LogP contribution in [0.2, 0.25) is 0 Å². The van der Waals surface area contributed by atoms with E-state index in [0.717, 1.165) is 17.7 Å². The first-order valence-corrected chi connectivity index (χ1v) is 9.67. The molecule has 0 spiro atoms. The first kappa shape index (κ1) is 22.2. The molecule has 1 heterocycles. The van der Waals surface area contributed by atoms with Gasteiger partial charge in [0, 0.05) is 36.1 Å². The van der Waals surface area contributed by atoms with E-state index in [1.807, 2.05) is 19.1 Å². The van der Waals surface area contributed by atoms with Crippen LogP contribution in [0.5, 0.6) is 11.5 Å². The van der Waals surface area contributed by atoms with Crippen LogP contribution in [0, 0.1) is 11.6 Å². The average Bonchev–Trinajstić information content (AvgIpc) is 2.77. The summed E-state index contributed by atoms with van der Waals surface area (Å²) in [7, 11) is 0. The van der Waals surface area contributed by atoms with Crippen LogP contribution in [0.4, 0.5) is 8.78 Å². The third-order valence-corrected chi connectivity index (χ3v) is 4.43. The molecule has 0 radical (unpaired) electrons. The summed E-state index contributed by atoms with van der Waals surface area (Å²) in [4.78, 5) is 16.4. The van der Waals surface area contributed by atoms with E-state index in [2.05, 4.69) is 10.3 Å². The molecule has 3 rings (SSSR count). The standard InChI is InChI=1S/C23H22F2N2O4/c1-2-30-22-11-16(3-6-21(22)31-14-15-7-9-26-10-8-15)23(29)27-13-20(28)18-5-4-17(24)12-19(18)25/h3-12,20,28H,2,13-14H2,1H3,(H,27,29). The van der Waals surface area contributed by atoms with E-state index < -0.39 is 23.6 Å². The zero-order valence-electron chi connectivity index (χ0n) is 16.8. The molecule has 1 aromatic heterocycles. The van der Waals surface area contributed by atoms with Gasteiger partial charge in [-0.15, -0.1) is 0 Å². The number of pyridine rings is 1. The fourth-order valence-electron chi connectivity index (χ4n) is 2.85. The third kappa shape index (κ3) is 5.99. The summed E-state index contributed by atoms with van der Waals surface area (Å²) in [5.74, 6) is -1.23. The van der Waals surface area contributed by atoms with E-state index in [0.29, 0.717) is 30.8 Å². The van der Waals surface area contributed by atoms with Gasteiger partial charge in [-0.05, 0) is 48.9 Å². The van der Waals surface area contributed by atoms with E-state index in [1.54, 1.807) is 24.5 Å². The predicted octanol–water partition coefficient (Wildman–Crippen LogP) is 3.80. The Bertz CT molecular complexity index is 1030. The van der Waals surface area contributed by atoms with Crippen molar-refractivity contribution in [1.82, 2.24) is 10.3 Å². The summed E-state index contributed by atoms with van der Waals surface area (Å²) < 4.78 is 38.2. The first-order chi connectivity index (χ1) is 15.0. The molecular formula is C23H22F2N2O4. The van der Waals surface area contributed by atoms with Crippen molar-refractivity contribution in [2.75, 3.05) is 13.2 Å². The number of nitrogens with zero attached hydrogens (tertiary/aromatic N) is 1. The summed E-state index contributed by atoms with van der Waals surface area (Å²) in [5.41, 5.74) is 1.12. The van der Waals surface area contributed by atoms with Crippen molar-refractivity contribution in [2.24, 2.45) is 0 Å². The summed E-state index contributed by atoms with van der Waals surface area (Å²) >= 11 is 0. The fraction of sp³-hybridized carbons (Fsp3) is 0.217. The molecule has 8 heteroatoms. The lowest BCUT2D eigenvalue weighted by molar-refractivity contribution is 0.0913. The number of nitrogens with one attached hydrogen (secondary N) is 1. The molecule has 0 fully saturated rings. The number of benzene rings is 2. The smallest absolute Gasteiger partial charge is 0.251 e. The molecule has 1 atom stereocenters. The van der Waals surface area contributed by atoms with Gasteiger partial charge in [0.2, 0.25) is 0 Å². The Hall–Kier alpha value is -3.52. The quantitative estimate of drug-likeness (QED) is 0.542. The molecule has 0 saturated carbocycles. The molecule has 162 valence electrons. The minimum absolute atomic E-state index is 0.100. The van der Waals surface area contributed by atoms with Gasteiger partial charge in [0.1, 0.15) is 18.2 Å². The summed E-state index contributed by atoms with van der Waals surface area (Å²) in [5, 5.41) is 12.7. The molecule has 2 N–H and O–H groups in total. The highest BCUT2D eigenvalue weighted by atomic mass is 19.1. The highest BCUT2D eigenvalue weighted by molar-refractivity contribution is 5.94. The van der Waals surface area contributed by atoms with Gasteiger partial charge in [-0.2, -0.15) is 0 Å². The van der Waals surface area contributed by atoms with Crippen LogP contribution in [-0.2, 0) is 6.61 Å². The number of amides is 1. The number of carbonyl (C=O) groups excluding carboxylic acids is 1. The van der Waals surface area contributed by atoms with Crippen molar-refractivity contribution >= 4 is 5.91 Å². The topological polar surface area (TPSA) is 80.7 Å². The molecule has 0 aliphatic heterocycles. The van der Waals surface area contributed by atoms with E-state index in [4.69, 9.17) is 9.47 Å². The minimum atomic E-state index is -1.32. The number of hydrogen-bond acceptors (Lipinski definition) is 5. The molecule has 0 bridgehead atoms. The number of rotatable bonds is 9. The summed E-state index contributed by atoms with van der Waals surface area (Å²) in [6.07, 6.45) is 2.02. The van der Waals surface area contributed by atoms with Crippen molar-refractivity contribution < 1.29 is 28.2 Å². The molecule has 2 aromatic carbocycles. The van der Waals surface area contributed by atoms with Crippen molar-refractivity contribution in [3.8, 4) is 11.5 Å². The fourth-order valence-corrected chi connectivity index (χ4v) is 2.85. The number of carbonyl (C=O) groups is 1. The summed E-state index contributed by atoms with van der Waals surface area (Å²) in [6, 6.07) is 11.2. The van der Waals surface area contributed by atoms with E-state index in [-0.39, 0.29) is 17.7 Å². The zero-order valence-corrected chi connectivity index (χ0v) is 16.8. The molecule has 1 amide bonds. The van der Waals surface area contributed by atoms with Crippen LogP contribution in [0.3, 0.4) is 0 Å². The lowest BCUT2D eigenvalue weighted by Crippen LogP contribution is -2.28. The zero-order chi connectivity index (χ0) is 22.2. The van der Waals surface area contributed by atoms with Crippen LogP contribution < -0.4 is 14.8 Å².